The maximum atomic E-state index is 8.22. The summed E-state index contributed by atoms with van der Waals surface area (Å²) in [6, 6.07) is 7.88. The molecule has 1 N–H and O–H groups in total. The van der Waals surface area contributed by atoms with Gasteiger partial charge in [0.1, 0.15) is 11.6 Å². The van der Waals surface area contributed by atoms with E-state index in [1.807, 2.05) is 36.2 Å². The Kier molecular flexibility index (Phi) is 3.67. The molecular weight excluding hydrogens is 212 g/mol. The second kappa shape index (κ2) is 5.21. The number of methoxy groups -OCH3 is 1. The topological polar surface area (TPSA) is 36.3 Å². The number of benzene rings is 1. The standard InChI is InChI=1S/C14H20N2O/c1-16(14(15)11-5-3-4-6-11)12-7-9-13(17-2)10-8-12/h7-11,15H,3-6H2,1-2H3. The van der Waals surface area contributed by atoms with Gasteiger partial charge in [0.25, 0.3) is 0 Å². The van der Waals surface area contributed by atoms with Crippen molar-refractivity contribution in [2.75, 3.05) is 19.1 Å². The highest BCUT2D eigenvalue weighted by atomic mass is 16.5. The average Bonchev–Trinajstić information content (AvgIpc) is 2.91. The molecule has 0 saturated heterocycles. The van der Waals surface area contributed by atoms with Gasteiger partial charge in [0.2, 0.25) is 0 Å². The molecule has 0 amide bonds. The molecule has 0 unspecified atom stereocenters. The zero-order chi connectivity index (χ0) is 12.3. The molecule has 92 valence electrons. The lowest BCUT2D eigenvalue weighted by molar-refractivity contribution is 0.415. The fourth-order valence-electron chi connectivity index (χ4n) is 2.42. The molecule has 0 radical (unpaired) electrons. The molecule has 0 atom stereocenters. The van der Waals surface area contributed by atoms with Crippen molar-refractivity contribution < 1.29 is 4.74 Å². The number of anilines is 1. The number of hydrogen-bond donors (Lipinski definition) is 1. The summed E-state index contributed by atoms with van der Waals surface area (Å²) >= 11 is 0. The van der Waals surface area contributed by atoms with Gasteiger partial charge in [-0.25, -0.2) is 0 Å². The molecule has 0 aliphatic heterocycles. The van der Waals surface area contributed by atoms with Gasteiger partial charge in [-0.3, -0.25) is 5.41 Å². The van der Waals surface area contributed by atoms with E-state index in [0.29, 0.717) is 5.92 Å². The second-order valence-electron chi connectivity index (χ2n) is 4.62. The van der Waals surface area contributed by atoms with E-state index in [1.54, 1.807) is 7.11 Å². The zero-order valence-electron chi connectivity index (χ0n) is 10.6. The first-order valence-electron chi connectivity index (χ1n) is 6.18. The SMILES string of the molecule is COc1ccc(N(C)C(=N)C2CCCC2)cc1. The van der Waals surface area contributed by atoms with E-state index in [4.69, 9.17) is 10.1 Å². The molecule has 0 heterocycles. The number of rotatable bonds is 3. The van der Waals surface area contributed by atoms with Crippen LogP contribution >= 0.6 is 0 Å². The van der Waals surface area contributed by atoms with E-state index in [2.05, 4.69) is 0 Å². The molecule has 1 aromatic rings. The van der Waals surface area contributed by atoms with Crippen molar-refractivity contribution in [2.45, 2.75) is 25.7 Å². The van der Waals surface area contributed by atoms with Crippen LogP contribution in [0.1, 0.15) is 25.7 Å². The Morgan fingerprint density at radius 3 is 2.35 bits per heavy atom. The van der Waals surface area contributed by atoms with Crippen molar-refractivity contribution in [3.05, 3.63) is 24.3 Å². The van der Waals surface area contributed by atoms with E-state index in [1.165, 1.54) is 25.7 Å². The number of ether oxygens (including phenoxy) is 1. The van der Waals surface area contributed by atoms with Crippen LogP contribution in [-0.2, 0) is 0 Å². The highest BCUT2D eigenvalue weighted by Crippen LogP contribution is 2.28. The van der Waals surface area contributed by atoms with Crippen molar-refractivity contribution in [1.29, 1.82) is 5.41 Å². The Hall–Kier alpha value is -1.51. The Morgan fingerprint density at radius 2 is 1.82 bits per heavy atom. The van der Waals surface area contributed by atoms with E-state index >= 15 is 0 Å². The summed E-state index contributed by atoms with van der Waals surface area (Å²) in [4.78, 5) is 1.98. The van der Waals surface area contributed by atoms with Crippen molar-refractivity contribution >= 4 is 11.5 Å². The first-order valence-corrected chi connectivity index (χ1v) is 6.18. The van der Waals surface area contributed by atoms with Gasteiger partial charge in [-0.05, 0) is 37.1 Å². The summed E-state index contributed by atoms with van der Waals surface area (Å²) in [6.45, 7) is 0. The minimum atomic E-state index is 0.446. The van der Waals surface area contributed by atoms with Crippen LogP contribution in [0.2, 0.25) is 0 Å². The smallest absolute Gasteiger partial charge is 0.119 e. The predicted octanol–water partition coefficient (Wildman–Crippen LogP) is 3.30. The number of nitrogens with zero attached hydrogens (tertiary/aromatic N) is 1. The summed E-state index contributed by atoms with van der Waals surface area (Å²) in [5.41, 5.74) is 1.06. The average molecular weight is 232 g/mol. The lowest BCUT2D eigenvalue weighted by Gasteiger charge is -2.24. The largest absolute Gasteiger partial charge is 0.497 e. The van der Waals surface area contributed by atoms with E-state index in [9.17, 15) is 0 Å². The van der Waals surface area contributed by atoms with Gasteiger partial charge in [-0.1, -0.05) is 12.8 Å². The molecule has 2 rings (SSSR count). The van der Waals surface area contributed by atoms with Crippen LogP contribution in [0.3, 0.4) is 0 Å². The van der Waals surface area contributed by atoms with Crippen LogP contribution < -0.4 is 9.64 Å². The maximum absolute atomic E-state index is 8.22. The molecule has 1 saturated carbocycles. The second-order valence-corrected chi connectivity index (χ2v) is 4.62. The molecule has 1 aliphatic carbocycles. The Morgan fingerprint density at radius 1 is 1.24 bits per heavy atom. The molecular formula is C14H20N2O. The molecule has 0 spiro atoms. The normalized spacial score (nSPS) is 15.9. The molecule has 0 aromatic heterocycles. The quantitative estimate of drug-likeness (QED) is 0.641. The first-order chi connectivity index (χ1) is 8.22. The monoisotopic (exact) mass is 232 g/mol. The number of hydrogen-bond acceptors (Lipinski definition) is 2. The van der Waals surface area contributed by atoms with Crippen molar-refractivity contribution in [3.8, 4) is 5.75 Å². The molecule has 3 nitrogen and oxygen atoms in total. The lowest BCUT2D eigenvalue weighted by Crippen LogP contribution is -2.30. The Balaban J connectivity index is 2.07. The van der Waals surface area contributed by atoms with Gasteiger partial charge < -0.3 is 9.64 Å². The molecule has 1 aliphatic rings. The molecule has 3 heteroatoms. The van der Waals surface area contributed by atoms with Crippen molar-refractivity contribution in [3.63, 3.8) is 0 Å². The molecule has 0 bridgehead atoms. The van der Waals surface area contributed by atoms with E-state index in [0.717, 1.165) is 17.3 Å². The summed E-state index contributed by atoms with van der Waals surface area (Å²) in [7, 11) is 3.64. The van der Waals surface area contributed by atoms with Crippen molar-refractivity contribution in [1.82, 2.24) is 0 Å². The van der Waals surface area contributed by atoms with Crippen LogP contribution in [0.4, 0.5) is 5.69 Å². The maximum Gasteiger partial charge on any atom is 0.119 e. The van der Waals surface area contributed by atoms with Gasteiger partial charge in [0.15, 0.2) is 0 Å². The van der Waals surface area contributed by atoms with Gasteiger partial charge >= 0.3 is 0 Å². The van der Waals surface area contributed by atoms with Gasteiger partial charge in [0.05, 0.1) is 7.11 Å². The van der Waals surface area contributed by atoms with Gasteiger partial charge in [-0.2, -0.15) is 0 Å². The Labute approximate surface area is 103 Å². The van der Waals surface area contributed by atoms with E-state index in [-0.39, 0.29) is 0 Å². The van der Waals surface area contributed by atoms with Crippen LogP contribution in [-0.4, -0.2) is 20.0 Å². The third-order valence-electron chi connectivity index (χ3n) is 3.56. The van der Waals surface area contributed by atoms with Crippen LogP contribution in [0, 0.1) is 11.3 Å². The predicted molar refractivity (Wildman–Crippen MR) is 71.1 cm³/mol. The summed E-state index contributed by atoms with van der Waals surface area (Å²) in [6.07, 6.45) is 4.87. The lowest BCUT2D eigenvalue weighted by atomic mass is 10.1. The third kappa shape index (κ3) is 2.60. The minimum Gasteiger partial charge on any atom is -0.497 e. The number of nitrogens with one attached hydrogen (secondary N) is 1. The molecule has 17 heavy (non-hydrogen) atoms. The zero-order valence-corrected chi connectivity index (χ0v) is 10.6. The summed E-state index contributed by atoms with van der Waals surface area (Å²) < 4.78 is 5.14. The Bertz CT molecular complexity index is 380. The minimum absolute atomic E-state index is 0.446. The number of amidine groups is 1. The van der Waals surface area contributed by atoms with Crippen LogP contribution in [0.15, 0.2) is 24.3 Å². The highest BCUT2D eigenvalue weighted by molar-refractivity contribution is 5.96. The highest BCUT2D eigenvalue weighted by Gasteiger charge is 2.22. The fraction of sp³-hybridized carbons (Fsp3) is 0.500. The molecule has 1 fully saturated rings. The van der Waals surface area contributed by atoms with Gasteiger partial charge in [0, 0.05) is 18.7 Å². The van der Waals surface area contributed by atoms with Crippen LogP contribution in [0.5, 0.6) is 5.75 Å². The summed E-state index contributed by atoms with van der Waals surface area (Å²) in [5.74, 6) is 2.05. The molecule has 1 aromatic carbocycles. The van der Waals surface area contributed by atoms with Crippen LogP contribution in [0.25, 0.3) is 0 Å². The van der Waals surface area contributed by atoms with Gasteiger partial charge in [-0.15, -0.1) is 0 Å². The first kappa shape index (κ1) is 12.0. The van der Waals surface area contributed by atoms with Crippen molar-refractivity contribution in [2.24, 2.45) is 5.92 Å². The summed E-state index contributed by atoms with van der Waals surface area (Å²) in [5, 5.41) is 8.22. The van der Waals surface area contributed by atoms with E-state index < -0.39 is 0 Å². The third-order valence-corrected chi connectivity index (χ3v) is 3.56. The fourth-order valence-corrected chi connectivity index (χ4v) is 2.42.